The van der Waals surface area contributed by atoms with Gasteiger partial charge in [-0.25, -0.2) is 4.68 Å². The number of carbonyl (C=O) groups excluding carboxylic acids is 1. The lowest BCUT2D eigenvalue weighted by atomic mass is 10.2. The molecule has 0 saturated carbocycles. The molecule has 2 aromatic carbocycles. The number of para-hydroxylation sites is 2. The van der Waals surface area contributed by atoms with Gasteiger partial charge >= 0.3 is 0 Å². The first kappa shape index (κ1) is 20.6. The van der Waals surface area contributed by atoms with E-state index in [2.05, 4.69) is 5.10 Å². The SMILES string of the molecule is Cc1ccccc1OCCN(C)C(=O)c1nn(-c2ccccc2Cl)c(C)cc1=O. The Labute approximate surface area is 174 Å². The second-order valence-electron chi connectivity index (χ2n) is 6.70. The second-order valence-corrected chi connectivity index (χ2v) is 7.11. The minimum absolute atomic E-state index is 0.158. The lowest BCUT2D eigenvalue weighted by Crippen LogP contribution is -2.36. The van der Waals surface area contributed by atoms with Gasteiger partial charge in [0.15, 0.2) is 5.69 Å². The zero-order chi connectivity index (χ0) is 21.0. The number of halogens is 1. The molecule has 0 bridgehead atoms. The molecule has 6 nitrogen and oxygen atoms in total. The molecule has 0 saturated heterocycles. The summed E-state index contributed by atoms with van der Waals surface area (Å²) in [7, 11) is 1.62. The van der Waals surface area contributed by atoms with E-state index < -0.39 is 11.3 Å². The monoisotopic (exact) mass is 411 g/mol. The fraction of sp³-hybridized carbons (Fsp3) is 0.227. The quantitative estimate of drug-likeness (QED) is 0.621. The van der Waals surface area contributed by atoms with Crippen molar-refractivity contribution in [3.63, 3.8) is 0 Å². The van der Waals surface area contributed by atoms with Crippen LogP contribution in [0.3, 0.4) is 0 Å². The van der Waals surface area contributed by atoms with Gasteiger partial charge in [0.05, 0.1) is 17.3 Å². The van der Waals surface area contributed by atoms with Crippen LogP contribution < -0.4 is 10.2 Å². The second kappa shape index (κ2) is 8.92. The average Bonchev–Trinajstić information content (AvgIpc) is 2.70. The highest BCUT2D eigenvalue weighted by Crippen LogP contribution is 2.20. The molecule has 7 heteroatoms. The third-order valence-corrected chi connectivity index (χ3v) is 4.83. The Hall–Kier alpha value is -3.12. The first-order chi connectivity index (χ1) is 13.9. The van der Waals surface area contributed by atoms with Crippen LogP contribution in [0.1, 0.15) is 21.7 Å². The molecule has 3 aromatic rings. The maximum atomic E-state index is 12.8. The van der Waals surface area contributed by atoms with E-state index in [1.54, 1.807) is 32.2 Å². The summed E-state index contributed by atoms with van der Waals surface area (Å²) in [5.41, 5.74) is 1.62. The molecule has 0 radical (unpaired) electrons. The maximum absolute atomic E-state index is 12.8. The summed E-state index contributed by atoms with van der Waals surface area (Å²) in [6.45, 7) is 4.31. The fourth-order valence-electron chi connectivity index (χ4n) is 2.86. The van der Waals surface area contributed by atoms with Crippen LogP contribution in [-0.2, 0) is 0 Å². The Balaban J connectivity index is 1.78. The summed E-state index contributed by atoms with van der Waals surface area (Å²) in [4.78, 5) is 26.6. The Kier molecular flexibility index (Phi) is 6.34. The van der Waals surface area contributed by atoms with Crippen LogP contribution in [0.15, 0.2) is 59.4 Å². The van der Waals surface area contributed by atoms with Gasteiger partial charge < -0.3 is 9.64 Å². The molecule has 0 atom stereocenters. The largest absolute Gasteiger partial charge is 0.491 e. The number of rotatable bonds is 6. The zero-order valence-corrected chi connectivity index (χ0v) is 17.3. The predicted octanol–water partition coefficient (Wildman–Crippen LogP) is 3.65. The molecule has 150 valence electrons. The van der Waals surface area contributed by atoms with Crippen LogP contribution in [0, 0.1) is 13.8 Å². The van der Waals surface area contributed by atoms with Crippen molar-refractivity contribution in [1.82, 2.24) is 14.7 Å². The van der Waals surface area contributed by atoms with E-state index in [0.717, 1.165) is 11.3 Å². The van der Waals surface area contributed by atoms with Gasteiger partial charge in [0.1, 0.15) is 12.4 Å². The van der Waals surface area contributed by atoms with Gasteiger partial charge in [0.25, 0.3) is 5.91 Å². The highest BCUT2D eigenvalue weighted by Gasteiger charge is 2.19. The van der Waals surface area contributed by atoms with E-state index in [9.17, 15) is 9.59 Å². The van der Waals surface area contributed by atoms with Crippen LogP contribution in [0.2, 0.25) is 5.02 Å². The van der Waals surface area contributed by atoms with Crippen LogP contribution in [-0.4, -0.2) is 40.8 Å². The van der Waals surface area contributed by atoms with Crippen molar-refractivity contribution in [2.24, 2.45) is 0 Å². The minimum Gasteiger partial charge on any atom is -0.491 e. The van der Waals surface area contributed by atoms with Crippen LogP contribution >= 0.6 is 11.6 Å². The van der Waals surface area contributed by atoms with Crippen LogP contribution in [0.4, 0.5) is 0 Å². The lowest BCUT2D eigenvalue weighted by molar-refractivity contribution is 0.0764. The van der Waals surface area contributed by atoms with Crippen molar-refractivity contribution in [1.29, 1.82) is 0 Å². The number of aromatic nitrogens is 2. The number of hydrogen-bond donors (Lipinski definition) is 0. The number of likely N-dealkylation sites (N-methyl/N-ethyl adjacent to an activating group) is 1. The fourth-order valence-corrected chi connectivity index (χ4v) is 3.07. The Morgan fingerprint density at radius 3 is 2.55 bits per heavy atom. The normalized spacial score (nSPS) is 10.6. The van der Waals surface area contributed by atoms with Gasteiger partial charge in [-0.2, -0.15) is 5.10 Å². The molecule has 0 unspecified atom stereocenters. The summed E-state index contributed by atoms with van der Waals surface area (Å²) < 4.78 is 7.25. The summed E-state index contributed by atoms with van der Waals surface area (Å²) in [5, 5.41) is 4.77. The summed E-state index contributed by atoms with van der Waals surface area (Å²) in [6, 6.07) is 16.2. The maximum Gasteiger partial charge on any atom is 0.278 e. The molecule has 1 aromatic heterocycles. The van der Waals surface area contributed by atoms with Gasteiger partial charge in [-0.3, -0.25) is 9.59 Å². The van der Waals surface area contributed by atoms with E-state index in [4.69, 9.17) is 16.3 Å². The average molecular weight is 412 g/mol. The Bertz CT molecular complexity index is 1090. The minimum atomic E-state index is -0.468. The number of amides is 1. The molecule has 3 rings (SSSR count). The molecular weight excluding hydrogens is 390 g/mol. The van der Waals surface area contributed by atoms with Gasteiger partial charge in [-0.15, -0.1) is 0 Å². The van der Waals surface area contributed by atoms with Crippen molar-refractivity contribution < 1.29 is 9.53 Å². The summed E-state index contributed by atoms with van der Waals surface area (Å²) >= 11 is 6.25. The third-order valence-electron chi connectivity index (χ3n) is 4.52. The molecule has 0 aliphatic carbocycles. The van der Waals surface area contributed by atoms with Gasteiger partial charge in [0, 0.05) is 18.8 Å². The number of nitrogens with zero attached hydrogens (tertiary/aromatic N) is 3. The Morgan fingerprint density at radius 1 is 1.14 bits per heavy atom. The smallest absolute Gasteiger partial charge is 0.278 e. The summed E-state index contributed by atoms with van der Waals surface area (Å²) in [5.74, 6) is 0.298. The number of aryl methyl sites for hydroxylation is 2. The van der Waals surface area contributed by atoms with Crippen molar-refractivity contribution in [2.45, 2.75) is 13.8 Å². The topological polar surface area (TPSA) is 64.4 Å². The lowest BCUT2D eigenvalue weighted by Gasteiger charge is -2.18. The Morgan fingerprint density at radius 2 is 1.83 bits per heavy atom. The summed E-state index contributed by atoms with van der Waals surface area (Å²) in [6.07, 6.45) is 0. The molecule has 0 aliphatic rings. The van der Waals surface area contributed by atoms with Crippen LogP contribution in [0.5, 0.6) is 5.75 Å². The molecular formula is C22H22ClN3O3. The number of ether oxygens (including phenoxy) is 1. The highest BCUT2D eigenvalue weighted by molar-refractivity contribution is 6.32. The molecule has 1 heterocycles. The first-order valence-corrected chi connectivity index (χ1v) is 9.56. The van der Waals surface area contributed by atoms with Crippen LogP contribution in [0.25, 0.3) is 5.69 Å². The predicted molar refractivity (Wildman–Crippen MR) is 113 cm³/mol. The first-order valence-electron chi connectivity index (χ1n) is 9.18. The number of carbonyl (C=O) groups is 1. The van der Waals surface area contributed by atoms with E-state index in [-0.39, 0.29) is 5.69 Å². The van der Waals surface area contributed by atoms with Crippen molar-refractivity contribution in [3.8, 4) is 11.4 Å². The van der Waals surface area contributed by atoms with Gasteiger partial charge in [-0.1, -0.05) is 41.9 Å². The van der Waals surface area contributed by atoms with Gasteiger partial charge in [0.2, 0.25) is 5.43 Å². The number of hydrogen-bond acceptors (Lipinski definition) is 4. The standard InChI is InChI=1S/C22H22ClN3O3/c1-15-8-4-7-11-20(15)29-13-12-25(3)22(28)21-19(27)14-16(2)26(24-21)18-10-6-5-9-17(18)23/h4-11,14H,12-13H2,1-3H3. The number of benzene rings is 2. The van der Waals surface area contributed by atoms with Crippen molar-refractivity contribution >= 4 is 17.5 Å². The molecule has 0 fully saturated rings. The van der Waals surface area contributed by atoms with Crippen molar-refractivity contribution in [2.75, 3.05) is 20.2 Å². The van der Waals surface area contributed by atoms with E-state index >= 15 is 0 Å². The molecule has 29 heavy (non-hydrogen) atoms. The molecule has 0 N–H and O–H groups in total. The molecule has 0 aliphatic heterocycles. The zero-order valence-electron chi connectivity index (χ0n) is 16.6. The van der Waals surface area contributed by atoms with E-state index in [0.29, 0.717) is 29.6 Å². The molecule has 1 amide bonds. The third kappa shape index (κ3) is 4.66. The highest BCUT2D eigenvalue weighted by atomic mass is 35.5. The molecule has 0 spiro atoms. The van der Waals surface area contributed by atoms with E-state index in [1.807, 2.05) is 37.3 Å². The van der Waals surface area contributed by atoms with Gasteiger partial charge in [-0.05, 0) is 37.6 Å². The van der Waals surface area contributed by atoms with Crippen molar-refractivity contribution in [3.05, 3.63) is 86.8 Å². The van der Waals surface area contributed by atoms with E-state index in [1.165, 1.54) is 15.6 Å².